The number of aliphatic carboxylic acids is 1. The lowest BCUT2D eigenvalue weighted by atomic mass is 10.1. The Hall–Kier alpha value is -4.21. The maximum atomic E-state index is 13.6. The molecule has 0 aliphatic carbocycles. The number of nitrogens with one attached hydrogen (secondary N) is 1. The third-order valence-electron chi connectivity index (χ3n) is 5.92. The molecule has 0 fully saturated rings. The van der Waals surface area contributed by atoms with Crippen LogP contribution in [-0.2, 0) is 27.8 Å². The minimum absolute atomic E-state index is 0.0332. The highest BCUT2D eigenvalue weighted by atomic mass is 32.2. The monoisotopic (exact) mass is 603 g/mol. The number of nitrogens with zero attached hydrogens (tertiary/aromatic N) is 4. The molecule has 0 radical (unpaired) electrons. The van der Waals surface area contributed by atoms with Gasteiger partial charge in [0, 0.05) is 25.8 Å². The molecule has 0 saturated heterocycles. The largest absolute Gasteiger partial charge is 0.490 e. The molecule has 0 bridgehead atoms. The molecule has 0 unspecified atom stereocenters. The molecule has 0 atom stereocenters. The Morgan fingerprint density at radius 1 is 1.12 bits per heavy atom. The number of hydrogen-bond acceptors (Lipinski definition) is 7. The Bertz CT molecular complexity index is 1540. The maximum absolute atomic E-state index is 13.6. The summed E-state index contributed by atoms with van der Waals surface area (Å²) in [7, 11) is -2.42. The van der Waals surface area contributed by atoms with Crippen LogP contribution in [0.15, 0.2) is 35.4 Å². The highest BCUT2D eigenvalue weighted by molar-refractivity contribution is 7.92. The maximum Gasteiger partial charge on any atom is 0.490 e. The third-order valence-corrected chi connectivity index (χ3v) is 7.44. The molecule has 0 aliphatic rings. The fraction of sp³-hybridized carbons (Fsp3) is 0.360. The van der Waals surface area contributed by atoms with Crippen LogP contribution in [0.1, 0.15) is 39.8 Å². The summed E-state index contributed by atoms with van der Waals surface area (Å²) in [4.78, 5) is 26.5. The number of hydrogen-bond donors (Lipinski definition) is 3. The quantitative estimate of drug-likeness (QED) is 0.306. The van der Waals surface area contributed by atoms with Gasteiger partial charge in [0.25, 0.3) is 10.0 Å². The van der Waals surface area contributed by atoms with E-state index >= 15 is 0 Å². The van der Waals surface area contributed by atoms with Crippen LogP contribution in [0.3, 0.4) is 0 Å². The molecule has 11 nitrogen and oxygen atoms in total. The molecule has 3 aromatic rings. The topological polar surface area (TPSA) is 155 Å². The average Bonchev–Trinajstić information content (AvgIpc) is 3.15. The predicted octanol–water partition coefficient (Wildman–Crippen LogP) is 4.17. The molecule has 2 aromatic heterocycles. The number of aryl methyl sites for hydroxylation is 3. The first-order valence-electron chi connectivity index (χ1n) is 11.9. The summed E-state index contributed by atoms with van der Waals surface area (Å²) in [5, 5.41) is 21.4. The number of carboxylic acids is 2. The van der Waals surface area contributed by atoms with Gasteiger partial charge in [0.2, 0.25) is 0 Å². The highest BCUT2D eigenvalue weighted by Gasteiger charge is 2.38. The zero-order valence-corrected chi connectivity index (χ0v) is 23.6. The van der Waals surface area contributed by atoms with Crippen LogP contribution in [-0.4, -0.2) is 65.1 Å². The molecule has 41 heavy (non-hydrogen) atoms. The van der Waals surface area contributed by atoms with E-state index in [4.69, 9.17) is 9.90 Å². The zero-order chi connectivity index (χ0) is 31.3. The summed E-state index contributed by atoms with van der Waals surface area (Å²) >= 11 is 0. The second-order valence-corrected chi connectivity index (χ2v) is 10.5. The van der Waals surface area contributed by atoms with Gasteiger partial charge < -0.3 is 15.1 Å². The van der Waals surface area contributed by atoms with Gasteiger partial charge in [0.15, 0.2) is 0 Å². The van der Waals surface area contributed by atoms with Crippen molar-refractivity contribution >= 4 is 33.5 Å². The van der Waals surface area contributed by atoms with Crippen molar-refractivity contribution < 1.29 is 45.8 Å². The van der Waals surface area contributed by atoms with Gasteiger partial charge in [0.05, 0.1) is 22.5 Å². The first-order valence-corrected chi connectivity index (χ1v) is 13.4. The number of likely N-dealkylation sites (N-methyl/N-ethyl adjacent to an activating group) is 1. The number of carbonyl (C=O) groups is 2. The first-order chi connectivity index (χ1) is 18.9. The van der Waals surface area contributed by atoms with Crippen molar-refractivity contribution in [1.29, 1.82) is 0 Å². The van der Waals surface area contributed by atoms with E-state index in [1.54, 1.807) is 18.9 Å². The summed E-state index contributed by atoms with van der Waals surface area (Å²) < 4.78 is 75.1. The Morgan fingerprint density at radius 2 is 1.73 bits per heavy atom. The van der Waals surface area contributed by atoms with Crippen LogP contribution in [0.5, 0.6) is 0 Å². The number of halogens is 4. The van der Waals surface area contributed by atoms with Gasteiger partial charge in [-0.1, -0.05) is 6.07 Å². The number of rotatable bonds is 9. The van der Waals surface area contributed by atoms with E-state index in [-0.39, 0.29) is 22.0 Å². The Kier molecular flexibility index (Phi) is 10.4. The van der Waals surface area contributed by atoms with Crippen molar-refractivity contribution in [3.05, 3.63) is 64.4 Å². The summed E-state index contributed by atoms with van der Waals surface area (Å²) in [6.07, 6.45) is -3.20. The first kappa shape index (κ1) is 33.0. The molecular formula is C25H29F4N5O6S. The van der Waals surface area contributed by atoms with Gasteiger partial charge in [0.1, 0.15) is 17.2 Å². The minimum Gasteiger partial charge on any atom is -0.478 e. The Morgan fingerprint density at radius 3 is 2.24 bits per heavy atom. The number of pyridine rings is 1. The molecule has 0 spiro atoms. The fourth-order valence-electron chi connectivity index (χ4n) is 3.84. The molecule has 0 aliphatic heterocycles. The third kappa shape index (κ3) is 8.39. The number of benzene rings is 1. The van der Waals surface area contributed by atoms with Gasteiger partial charge in [-0.2, -0.15) is 18.3 Å². The van der Waals surface area contributed by atoms with E-state index in [1.807, 2.05) is 25.5 Å². The van der Waals surface area contributed by atoms with Crippen LogP contribution in [0.25, 0.3) is 0 Å². The van der Waals surface area contributed by atoms with E-state index in [9.17, 15) is 35.9 Å². The molecule has 3 rings (SSSR count). The number of carboxylic acid groups (broad SMARTS) is 2. The van der Waals surface area contributed by atoms with Gasteiger partial charge in [-0.3, -0.25) is 9.40 Å². The summed E-state index contributed by atoms with van der Waals surface area (Å²) in [6, 6.07) is 4.64. The number of alkyl halides is 3. The molecule has 1 aromatic carbocycles. The van der Waals surface area contributed by atoms with Crippen molar-refractivity contribution in [2.75, 3.05) is 23.2 Å². The van der Waals surface area contributed by atoms with Gasteiger partial charge in [-0.05, 0) is 63.4 Å². The van der Waals surface area contributed by atoms with Crippen LogP contribution >= 0.6 is 0 Å². The average molecular weight is 604 g/mol. The fourth-order valence-corrected chi connectivity index (χ4v) is 5.13. The van der Waals surface area contributed by atoms with Crippen LogP contribution in [0.4, 0.5) is 29.1 Å². The minimum atomic E-state index is -5.08. The molecule has 224 valence electrons. The van der Waals surface area contributed by atoms with Crippen LogP contribution < -0.4 is 9.62 Å². The van der Waals surface area contributed by atoms with E-state index in [0.717, 1.165) is 29.6 Å². The molecule has 0 saturated carbocycles. The molecule has 2 heterocycles. The SMILES string of the molecule is CCn1nc(C)c(CCN(C)c2ncc(NS(=O)(=O)c3cc(F)ccc3C)cc2C(=O)O)c1C.O=C(O)C(F)(F)F. The van der Waals surface area contributed by atoms with Crippen LogP contribution in [0.2, 0.25) is 0 Å². The number of aromatic nitrogens is 3. The summed E-state index contributed by atoms with van der Waals surface area (Å²) in [5.41, 5.74) is 3.26. The lowest BCUT2D eigenvalue weighted by Crippen LogP contribution is -2.24. The molecule has 3 N–H and O–H groups in total. The van der Waals surface area contributed by atoms with Crippen molar-refractivity contribution in [3.8, 4) is 0 Å². The Balaban J connectivity index is 0.000000745. The lowest BCUT2D eigenvalue weighted by molar-refractivity contribution is -0.192. The van der Waals surface area contributed by atoms with Crippen molar-refractivity contribution in [3.63, 3.8) is 0 Å². The van der Waals surface area contributed by atoms with E-state index in [0.29, 0.717) is 18.5 Å². The highest BCUT2D eigenvalue weighted by Crippen LogP contribution is 2.25. The predicted molar refractivity (Wildman–Crippen MR) is 141 cm³/mol. The van der Waals surface area contributed by atoms with E-state index in [2.05, 4.69) is 14.8 Å². The van der Waals surface area contributed by atoms with Gasteiger partial charge >= 0.3 is 18.1 Å². The molecular weight excluding hydrogens is 574 g/mol. The van der Waals surface area contributed by atoms with Crippen molar-refractivity contribution in [1.82, 2.24) is 14.8 Å². The van der Waals surface area contributed by atoms with Crippen LogP contribution in [0, 0.1) is 26.6 Å². The zero-order valence-electron chi connectivity index (χ0n) is 22.7. The molecule has 0 amide bonds. The Labute approximate surface area is 233 Å². The number of anilines is 2. The standard InChI is InChI=1S/C23H28FN5O4S.C2HF3O2/c1-6-29-16(4)19(15(3)26-29)9-10-28(5)22-20(23(30)31)12-18(13-25-22)27-34(32,33)21-11-17(24)8-7-14(21)2;3-2(4,5)1(6)7/h7-8,11-13,27H,6,9-10H2,1-5H3,(H,30,31);(H,6,7). The van der Waals surface area contributed by atoms with E-state index < -0.39 is 34.0 Å². The van der Waals surface area contributed by atoms with E-state index in [1.165, 1.54) is 24.4 Å². The second-order valence-electron chi connectivity index (χ2n) is 8.86. The van der Waals surface area contributed by atoms with Gasteiger partial charge in [-0.15, -0.1) is 0 Å². The second kappa shape index (κ2) is 13.0. The van der Waals surface area contributed by atoms with Crippen molar-refractivity contribution in [2.24, 2.45) is 0 Å². The van der Waals surface area contributed by atoms with Crippen molar-refractivity contribution in [2.45, 2.75) is 51.7 Å². The van der Waals surface area contributed by atoms with Gasteiger partial charge in [-0.25, -0.2) is 27.4 Å². The lowest BCUT2D eigenvalue weighted by Gasteiger charge is -2.21. The number of sulfonamides is 1. The molecule has 16 heteroatoms. The summed E-state index contributed by atoms with van der Waals surface area (Å²) in [6.45, 7) is 8.75. The smallest absolute Gasteiger partial charge is 0.478 e. The summed E-state index contributed by atoms with van der Waals surface area (Å²) in [5.74, 6) is -4.49. The normalized spacial score (nSPS) is 11.4. The number of aromatic carboxylic acids is 1.